The van der Waals surface area contributed by atoms with Crippen molar-refractivity contribution in [2.24, 2.45) is 0 Å². The first-order chi connectivity index (χ1) is 11.6. The highest BCUT2D eigenvalue weighted by molar-refractivity contribution is 7.84. The lowest BCUT2D eigenvalue weighted by Gasteiger charge is -2.36. The number of piperidine rings is 1. The van der Waals surface area contributed by atoms with E-state index in [1.54, 1.807) is 30.5 Å². The molecule has 0 bridgehead atoms. The van der Waals surface area contributed by atoms with Gasteiger partial charge in [0, 0.05) is 40.1 Å². The minimum atomic E-state index is -1.01. The molecule has 2 aromatic carbocycles. The Kier molecular flexibility index (Phi) is 5.46. The number of nitrogens with zero attached hydrogens (tertiary/aromatic N) is 1. The van der Waals surface area contributed by atoms with Gasteiger partial charge in [0.05, 0.1) is 0 Å². The van der Waals surface area contributed by atoms with Crippen LogP contribution < -0.4 is 0 Å². The molecule has 2 atom stereocenters. The van der Waals surface area contributed by atoms with E-state index >= 15 is 0 Å². The monoisotopic (exact) mass is 341 g/mol. The first-order valence-electron chi connectivity index (χ1n) is 8.43. The van der Waals surface area contributed by atoms with Gasteiger partial charge in [0.15, 0.2) is 0 Å². The zero-order chi connectivity index (χ0) is 16.9. The van der Waals surface area contributed by atoms with Crippen LogP contribution in [0.15, 0.2) is 59.5 Å². The maximum atomic E-state index is 12.9. The van der Waals surface area contributed by atoms with E-state index in [1.807, 2.05) is 23.1 Å². The standard InChI is InChI=1S/C20H23NO2S/c1-24(23)19-12-10-17(11-13-19)20(22)21-14-6-5-9-18(21)15-16-7-3-2-4-8-16/h2-4,7-8,10-13,18H,5-6,9,14-15H2,1H3/t18-,24+/m1/s1. The molecule has 24 heavy (non-hydrogen) atoms. The summed E-state index contributed by atoms with van der Waals surface area (Å²) in [5, 5.41) is 0. The lowest BCUT2D eigenvalue weighted by atomic mass is 9.95. The van der Waals surface area contributed by atoms with E-state index in [4.69, 9.17) is 0 Å². The van der Waals surface area contributed by atoms with E-state index in [1.165, 1.54) is 12.0 Å². The highest BCUT2D eigenvalue weighted by Gasteiger charge is 2.27. The smallest absolute Gasteiger partial charge is 0.254 e. The van der Waals surface area contributed by atoms with Crippen LogP contribution in [0.3, 0.4) is 0 Å². The quantitative estimate of drug-likeness (QED) is 0.851. The summed E-state index contributed by atoms with van der Waals surface area (Å²) >= 11 is 0. The van der Waals surface area contributed by atoms with Crippen LogP contribution in [0.25, 0.3) is 0 Å². The predicted molar refractivity (Wildman–Crippen MR) is 97.6 cm³/mol. The molecule has 4 heteroatoms. The third kappa shape index (κ3) is 3.93. The average Bonchev–Trinajstić information content (AvgIpc) is 2.62. The molecule has 0 aliphatic carbocycles. The molecule has 0 radical (unpaired) electrons. The van der Waals surface area contributed by atoms with Gasteiger partial charge in [0.25, 0.3) is 5.91 Å². The number of amides is 1. The van der Waals surface area contributed by atoms with Crippen molar-refractivity contribution < 1.29 is 9.00 Å². The van der Waals surface area contributed by atoms with Crippen LogP contribution in [-0.2, 0) is 17.2 Å². The molecule has 1 amide bonds. The lowest BCUT2D eigenvalue weighted by Crippen LogP contribution is -2.44. The maximum Gasteiger partial charge on any atom is 0.254 e. The summed E-state index contributed by atoms with van der Waals surface area (Å²) in [7, 11) is -1.01. The van der Waals surface area contributed by atoms with Crippen LogP contribution >= 0.6 is 0 Å². The topological polar surface area (TPSA) is 37.4 Å². The van der Waals surface area contributed by atoms with E-state index in [0.717, 1.165) is 30.7 Å². The van der Waals surface area contributed by atoms with Crippen molar-refractivity contribution in [1.82, 2.24) is 4.90 Å². The van der Waals surface area contributed by atoms with Crippen molar-refractivity contribution in [3.63, 3.8) is 0 Å². The first kappa shape index (κ1) is 16.9. The molecule has 0 N–H and O–H groups in total. The molecule has 1 aliphatic heterocycles. The highest BCUT2D eigenvalue weighted by atomic mass is 32.2. The molecular weight excluding hydrogens is 318 g/mol. The number of rotatable bonds is 4. The molecule has 0 saturated carbocycles. The van der Waals surface area contributed by atoms with Gasteiger partial charge in [-0.2, -0.15) is 0 Å². The number of likely N-dealkylation sites (tertiary alicyclic amines) is 1. The van der Waals surface area contributed by atoms with Crippen LogP contribution in [0.5, 0.6) is 0 Å². The second-order valence-corrected chi connectivity index (χ2v) is 7.70. The lowest BCUT2D eigenvalue weighted by molar-refractivity contribution is 0.0613. The molecule has 126 valence electrons. The SMILES string of the molecule is C[S@](=O)c1ccc(C(=O)N2CCCC[C@@H]2Cc2ccccc2)cc1. The summed E-state index contributed by atoms with van der Waals surface area (Å²) in [5.41, 5.74) is 1.96. The van der Waals surface area contributed by atoms with E-state index < -0.39 is 10.8 Å². The van der Waals surface area contributed by atoms with Gasteiger partial charge in [-0.05, 0) is 55.5 Å². The van der Waals surface area contributed by atoms with Gasteiger partial charge in [-0.25, -0.2) is 0 Å². The van der Waals surface area contributed by atoms with E-state index in [-0.39, 0.29) is 11.9 Å². The third-order valence-corrected chi connectivity index (χ3v) is 5.57. The minimum absolute atomic E-state index is 0.0871. The molecule has 0 aromatic heterocycles. The minimum Gasteiger partial charge on any atom is -0.335 e. The Morgan fingerprint density at radius 3 is 2.46 bits per heavy atom. The summed E-state index contributed by atoms with van der Waals surface area (Å²) < 4.78 is 11.5. The van der Waals surface area contributed by atoms with Crippen molar-refractivity contribution in [3.05, 3.63) is 65.7 Å². The average molecular weight is 341 g/mol. The molecule has 1 aliphatic rings. The highest BCUT2D eigenvalue weighted by Crippen LogP contribution is 2.23. The third-order valence-electron chi connectivity index (χ3n) is 4.64. The zero-order valence-electron chi connectivity index (χ0n) is 14.0. The summed E-state index contributed by atoms with van der Waals surface area (Å²) in [4.78, 5) is 15.7. The normalized spacial score (nSPS) is 19.0. The Morgan fingerprint density at radius 2 is 1.79 bits per heavy atom. The molecule has 1 fully saturated rings. The van der Waals surface area contributed by atoms with E-state index in [2.05, 4.69) is 12.1 Å². The van der Waals surface area contributed by atoms with Gasteiger partial charge in [0.1, 0.15) is 0 Å². The van der Waals surface area contributed by atoms with Gasteiger partial charge in [-0.15, -0.1) is 0 Å². The van der Waals surface area contributed by atoms with Gasteiger partial charge < -0.3 is 4.90 Å². The summed E-state index contributed by atoms with van der Waals surface area (Å²) in [6.07, 6.45) is 5.85. The van der Waals surface area contributed by atoms with Crippen LogP contribution in [0.4, 0.5) is 0 Å². The Morgan fingerprint density at radius 1 is 1.08 bits per heavy atom. The Bertz CT molecular complexity index is 712. The van der Waals surface area contributed by atoms with Crippen molar-refractivity contribution in [2.45, 2.75) is 36.6 Å². The molecule has 3 nitrogen and oxygen atoms in total. The van der Waals surface area contributed by atoms with Gasteiger partial charge in [-0.1, -0.05) is 30.3 Å². The number of hydrogen-bond acceptors (Lipinski definition) is 2. The largest absolute Gasteiger partial charge is 0.335 e. The van der Waals surface area contributed by atoms with Crippen LogP contribution in [0.2, 0.25) is 0 Å². The Labute approximate surface area is 146 Å². The van der Waals surface area contributed by atoms with Crippen molar-refractivity contribution in [2.75, 3.05) is 12.8 Å². The summed E-state index contributed by atoms with van der Waals surface area (Å²) in [5.74, 6) is 0.0871. The fraction of sp³-hybridized carbons (Fsp3) is 0.350. The molecule has 0 spiro atoms. The fourth-order valence-electron chi connectivity index (χ4n) is 3.32. The first-order valence-corrected chi connectivity index (χ1v) is 9.99. The molecular formula is C20H23NO2S. The maximum absolute atomic E-state index is 12.9. The number of carbonyl (C=O) groups excluding carboxylic acids is 1. The van der Waals surface area contributed by atoms with Crippen LogP contribution in [-0.4, -0.2) is 33.9 Å². The van der Waals surface area contributed by atoms with Crippen LogP contribution in [0.1, 0.15) is 35.2 Å². The summed E-state index contributed by atoms with van der Waals surface area (Å²) in [6, 6.07) is 17.8. The van der Waals surface area contributed by atoms with Gasteiger partial charge in [-0.3, -0.25) is 9.00 Å². The molecule has 2 aromatic rings. The van der Waals surface area contributed by atoms with Crippen molar-refractivity contribution >= 4 is 16.7 Å². The van der Waals surface area contributed by atoms with Gasteiger partial charge in [0.2, 0.25) is 0 Å². The molecule has 0 unspecified atom stereocenters. The molecule has 1 saturated heterocycles. The van der Waals surface area contributed by atoms with E-state index in [9.17, 15) is 9.00 Å². The predicted octanol–water partition coefficient (Wildman–Crippen LogP) is 3.66. The van der Waals surface area contributed by atoms with Crippen LogP contribution in [0, 0.1) is 0 Å². The molecule has 1 heterocycles. The number of benzene rings is 2. The Balaban J connectivity index is 1.76. The zero-order valence-corrected chi connectivity index (χ0v) is 14.8. The second-order valence-electron chi connectivity index (χ2n) is 6.32. The van der Waals surface area contributed by atoms with E-state index in [0.29, 0.717) is 5.56 Å². The van der Waals surface area contributed by atoms with Crippen molar-refractivity contribution in [1.29, 1.82) is 0 Å². The summed E-state index contributed by atoms with van der Waals surface area (Å²) in [6.45, 7) is 0.817. The second kappa shape index (κ2) is 7.75. The molecule has 3 rings (SSSR count). The fourth-order valence-corrected chi connectivity index (χ4v) is 3.84. The number of hydrogen-bond donors (Lipinski definition) is 0. The van der Waals surface area contributed by atoms with Crippen molar-refractivity contribution in [3.8, 4) is 0 Å². The Hall–Kier alpha value is -1.94. The number of carbonyl (C=O) groups is 1. The van der Waals surface area contributed by atoms with Gasteiger partial charge >= 0.3 is 0 Å².